The Morgan fingerprint density at radius 2 is 1.71 bits per heavy atom. The Bertz CT molecular complexity index is 1610. The van der Waals surface area contributed by atoms with E-state index in [-0.39, 0.29) is 17.6 Å². The molecular formula is C29H24BrN5O2S. The highest BCUT2D eigenvalue weighted by molar-refractivity contribution is 9.10. The fourth-order valence-electron chi connectivity index (χ4n) is 3.74. The molecule has 1 amide bonds. The van der Waals surface area contributed by atoms with Crippen molar-refractivity contribution in [3.8, 4) is 5.75 Å². The summed E-state index contributed by atoms with van der Waals surface area (Å²) in [6, 6.07) is 23.8. The van der Waals surface area contributed by atoms with Gasteiger partial charge in [0.2, 0.25) is 0 Å². The van der Waals surface area contributed by atoms with E-state index in [4.69, 9.17) is 0 Å². The minimum atomic E-state index is -0.229. The standard InChI is InChI=1S/C29H24BrN5O2S/c1-17(2)24-13-12-23-27(34-24)31-16-32-28(23)35-25-15-18(29(37)33-20-6-4-19(30)5-7-20)3-14-26(25)38-22-10-8-21(36)9-11-22/h3-17,36H,1-2H3,(H,33,37)(H,31,32,34,35). The summed E-state index contributed by atoms with van der Waals surface area (Å²) in [5.74, 6) is 0.844. The molecule has 9 heteroatoms. The van der Waals surface area contributed by atoms with Crippen molar-refractivity contribution in [1.82, 2.24) is 15.0 Å². The van der Waals surface area contributed by atoms with Crippen LogP contribution >= 0.6 is 27.7 Å². The maximum Gasteiger partial charge on any atom is 0.255 e. The normalized spacial score (nSPS) is 11.1. The average Bonchev–Trinajstić information content (AvgIpc) is 2.92. The van der Waals surface area contributed by atoms with Gasteiger partial charge in [-0.25, -0.2) is 15.0 Å². The smallest absolute Gasteiger partial charge is 0.255 e. The first-order chi connectivity index (χ1) is 18.4. The molecule has 0 saturated heterocycles. The van der Waals surface area contributed by atoms with Crippen LogP contribution in [0.5, 0.6) is 5.75 Å². The molecule has 0 atom stereocenters. The number of aromatic nitrogens is 3. The van der Waals surface area contributed by atoms with Crippen LogP contribution < -0.4 is 10.6 Å². The van der Waals surface area contributed by atoms with E-state index in [2.05, 4.69) is 55.4 Å². The molecule has 5 aromatic rings. The summed E-state index contributed by atoms with van der Waals surface area (Å²) < 4.78 is 0.935. The molecule has 3 N–H and O–H groups in total. The maximum atomic E-state index is 13.1. The lowest BCUT2D eigenvalue weighted by Crippen LogP contribution is -2.12. The summed E-state index contributed by atoms with van der Waals surface area (Å²) >= 11 is 4.92. The Balaban J connectivity index is 1.51. The van der Waals surface area contributed by atoms with Gasteiger partial charge in [0, 0.05) is 31.2 Å². The number of pyridine rings is 1. The Labute approximate surface area is 232 Å². The van der Waals surface area contributed by atoms with Crippen molar-refractivity contribution < 1.29 is 9.90 Å². The fraction of sp³-hybridized carbons (Fsp3) is 0.103. The summed E-state index contributed by atoms with van der Waals surface area (Å²) in [5.41, 5.74) is 3.45. The van der Waals surface area contributed by atoms with Crippen molar-refractivity contribution in [2.45, 2.75) is 29.6 Å². The number of halogens is 1. The molecule has 38 heavy (non-hydrogen) atoms. The zero-order valence-corrected chi connectivity index (χ0v) is 23.0. The molecule has 0 saturated carbocycles. The predicted molar refractivity (Wildman–Crippen MR) is 155 cm³/mol. The molecule has 190 valence electrons. The van der Waals surface area contributed by atoms with Gasteiger partial charge in [0.1, 0.15) is 17.9 Å². The van der Waals surface area contributed by atoms with Gasteiger partial charge in [-0.2, -0.15) is 0 Å². The predicted octanol–water partition coefficient (Wildman–Crippen LogP) is 7.76. The van der Waals surface area contributed by atoms with Crippen molar-refractivity contribution >= 4 is 61.8 Å². The van der Waals surface area contributed by atoms with Gasteiger partial charge in [-0.3, -0.25) is 4.79 Å². The first-order valence-corrected chi connectivity index (χ1v) is 13.5. The molecule has 7 nitrogen and oxygen atoms in total. The number of phenolic OH excluding ortho intramolecular Hbond substituents is 1. The second kappa shape index (κ2) is 11.2. The number of fused-ring (bicyclic) bond motifs is 1. The lowest BCUT2D eigenvalue weighted by Gasteiger charge is -2.15. The summed E-state index contributed by atoms with van der Waals surface area (Å²) in [4.78, 5) is 28.5. The highest BCUT2D eigenvalue weighted by Crippen LogP contribution is 2.37. The zero-order chi connectivity index (χ0) is 26.6. The second-order valence-corrected chi connectivity index (χ2v) is 10.9. The SMILES string of the molecule is CC(C)c1ccc2c(Nc3cc(C(=O)Nc4ccc(Br)cc4)ccc3Sc3ccc(O)cc3)ncnc2n1. The van der Waals surface area contributed by atoms with E-state index >= 15 is 0 Å². The molecule has 0 aliphatic rings. The zero-order valence-electron chi connectivity index (χ0n) is 20.6. The molecule has 0 aliphatic carbocycles. The second-order valence-electron chi connectivity index (χ2n) is 8.88. The van der Waals surface area contributed by atoms with Crippen LogP contribution in [0, 0.1) is 0 Å². The molecule has 5 rings (SSSR count). The number of rotatable bonds is 7. The molecule has 0 bridgehead atoms. The lowest BCUT2D eigenvalue weighted by atomic mass is 10.1. The van der Waals surface area contributed by atoms with Gasteiger partial charge in [0.25, 0.3) is 5.91 Å². The molecule has 2 heterocycles. The molecule has 0 unspecified atom stereocenters. The number of phenols is 1. The number of benzene rings is 3. The van der Waals surface area contributed by atoms with Crippen LogP contribution in [0.2, 0.25) is 0 Å². The van der Waals surface area contributed by atoms with Crippen molar-refractivity contribution in [1.29, 1.82) is 0 Å². The Morgan fingerprint density at radius 1 is 0.947 bits per heavy atom. The molecule has 3 aromatic carbocycles. The van der Waals surface area contributed by atoms with Crippen LogP contribution in [0.15, 0.2) is 99.5 Å². The third-order valence-electron chi connectivity index (χ3n) is 5.77. The molecule has 0 radical (unpaired) electrons. The summed E-state index contributed by atoms with van der Waals surface area (Å²) in [6.07, 6.45) is 1.48. The van der Waals surface area contributed by atoms with Gasteiger partial charge < -0.3 is 15.7 Å². The summed E-state index contributed by atoms with van der Waals surface area (Å²) in [6.45, 7) is 4.18. The number of amides is 1. The van der Waals surface area contributed by atoms with E-state index < -0.39 is 0 Å². The number of anilines is 3. The first-order valence-electron chi connectivity index (χ1n) is 11.9. The summed E-state index contributed by atoms with van der Waals surface area (Å²) in [5, 5.41) is 16.8. The first kappa shape index (κ1) is 25.7. The van der Waals surface area contributed by atoms with Crippen LogP contribution in [-0.4, -0.2) is 26.0 Å². The largest absolute Gasteiger partial charge is 0.508 e. The fourth-order valence-corrected chi connectivity index (χ4v) is 4.89. The Morgan fingerprint density at radius 3 is 2.45 bits per heavy atom. The summed E-state index contributed by atoms with van der Waals surface area (Å²) in [7, 11) is 0. The number of aromatic hydroxyl groups is 1. The minimum Gasteiger partial charge on any atom is -0.508 e. The highest BCUT2D eigenvalue weighted by atomic mass is 79.9. The monoisotopic (exact) mass is 585 g/mol. The van der Waals surface area contributed by atoms with E-state index in [1.54, 1.807) is 24.3 Å². The van der Waals surface area contributed by atoms with Crippen LogP contribution in [0.25, 0.3) is 11.0 Å². The quantitative estimate of drug-likeness (QED) is 0.179. The highest BCUT2D eigenvalue weighted by Gasteiger charge is 2.15. The van der Waals surface area contributed by atoms with E-state index in [9.17, 15) is 9.90 Å². The van der Waals surface area contributed by atoms with Gasteiger partial charge in [-0.05, 0) is 84.8 Å². The lowest BCUT2D eigenvalue weighted by molar-refractivity contribution is 0.102. The van der Waals surface area contributed by atoms with Crippen LogP contribution in [-0.2, 0) is 0 Å². The number of hydrogen-bond acceptors (Lipinski definition) is 7. The third kappa shape index (κ3) is 5.95. The van der Waals surface area contributed by atoms with E-state index in [0.717, 1.165) is 25.3 Å². The Kier molecular flexibility index (Phi) is 7.57. The minimum absolute atomic E-state index is 0.202. The average molecular weight is 587 g/mol. The molecule has 0 fully saturated rings. The van der Waals surface area contributed by atoms with E-state index in [1.807, 2.05) is 54.6 Å². The molecule has 0 spiro atoms. The van der Waals surface area contributed by atoms with Gasteiger partial charge in [-0.1, -0.05) is 41.5 Å². The van der Waals surface area contributed by atoms with Crippen LogP contribution in [0.1, 0.15) is 35.8 Å². The van der Waals surface area contributed by atoms with E-state index in [1.165, 1.54) is 18.1 Å². The van der Waals surface area contributed by atoms with Crippen molar-refractivity contribution in [2.75, 3.05) is 10.6 Å². The third-order valence-corrected chi connectivity index (χ3v) is 7.38. The van der Waals surface area contributed by atoms with Gasteiger partial charge >= 0.3 is 0 Å². The number of carbonyl (C=O) groups is 1. The van der Waals surface area contributed by atoms with Crippen molar-refractivity contribution in [3.63, 3.8) is 0 Å². The molecule has 2 aromatic heterocycles. The van der Waals surface area contributed by atoms with Crippen molar-refractivity contribution in [2.24, 2.45) is 0 Å². The van der Waals surface area contributed by atoms with E-state index in [0.29, 0.717) is 28.4 Å². The number of hydrogen-bond donors (Lipinski definition) is 3. The van der Waals surface area contributed by atoms with Gasteiger partial charge in [0.05, 0.1) is 11.1 Å². The maximum absolute atomic E-state index is 13.1. The van der Waals surface area contributed by atoms with Crippen LogP contribution in [0.3, 0.4) is 0 Å². The van der Waals surface area contributed by atoms with Crippen LogP contribution in [0.4, 0.5) is 17.2 Å². The molecule has 0 aliphatic heterocycles. The van der Waals surface area contributed by atoms with Gasteiger partial charge in [0.15, 0.2) is 5.65 Å². The number of nitrogens with zero attached hydrogens (tertiary/aromatic N) is 3. The topological polar surface area (TPSA) is 100 Å². The molecular weight excluding hydrogens is 562 g/mol. The van der Waals surface area contributed by atoms with Crippen molar-refractivity contribution in [3.05, 3.63) is 101 Å². The van der Waals surface area contributed by atoms with Gasteiger partial charge in [-0.15, -0.1) is 0 Å². The number of nitrogens with one attached hydrogen (secondary N) is 2. The Hall–Kier alpha value is -3.95. The number of carbonyl (C=O) groups excluding carboxylic acids is 1.